The lowest BCUT2D eigenvalue weighted by molar-refractivity contribution is 0.405. The first-order valence-corrected chi connectivity index (χ1v) is 6.54. The lowest BCUT2D eigenvalue weighted by Crippen LogP contribution is -2.12. The average molecular weight is 259 g/mol. The van der Waals surface area contributed by atoms with Gasteiger partial charge in [-0.25, -0.2) is 0 Å². The zero-order valence-corrected chi connectivity index (χ0v) is 10.9. The van der Waals surface area contributed by atoms with Crippen molar-refractivity contribution in [3.63, 3.8) is 0 Å². The van der Waals surface area contributed by atoms with E-state index in [9.17, 15) is 0 Å². The number of nitrogens with zero attached hydrogens (tertiary/aromatic N) is 2. The van der Waals surface area contributed by atoms with Crippen molar-refractivity contribution in [2.24, 2.45) is 0 Å². The van der Waals surface area contributed by atoms with Crippen molar-refractivity contribution in [1.29, 1.82) is 0 Å². The van der Waals surface area contributed by atoms with Crippen LogP contribution in [0.1, 0.15) is 36.2 Å². The minimum Gasteiger partial charge on any atom is -0.497 e. The molecule has 5 nitrogen and oxygen atoms in total. The highest BCUT2D eigenvalue weighted by Crippen LogP contribution is 2.22. The molecule has 1 saturated heterocycles. The molecule has 1 N–H and O–H groups in total. The van der Waals surface area contributed by atoms with Crippen LogP contribution >= 0.6 is 0 Å². The Labute approximate surface area is 112 Å². The summed E-state index contributed by atoms with van der Waals surface area (Å²) in [6.45, 7) is 1.03. The minimum absolute atomic E-state index is 0.228. The second kappa shape index (κ2) is 5.40. The van der Waals surface area contributed by atoms with E-state index in [2.05, 4.69) is 15.5 Å². The number of benzene rings is 1. The summed E-state index contributed by atoms with van der Waals surface area (Å²) in [5.74, 6) is 2.20. The van der Waals surface area contributed by atoms with E-state index in [4.69, 9.17) is 9.15 Å². The first-order chi connectivity index (χ1) is 9.35. The van der Waals surface area contributed by atoms with Crippen LogP contribution in [0, 0.1) is 0 Å². The SMILES string of the molecule is COc1cccc(Cc2nnc(C3CCCN3)o2)c1. The Morgan fingerprint density at radius 3 is 3.16 bits per heavy atom. The standard InChI is InChI=1S/C14H17N3O2/c1-18-11-5-2-4-10(8-11)9-13-16-17-14(19-13)12-6-3-7-15-12/h2,4-5,8,12,15H,3,6-7,9H2,1H3. The third-order valence-corrected chi connectivity index (χ3v) is 3.33. The van der Waals surface area contributed by atoms with Gasteiger partial charge in [0.1, 0.15) is 5.75 Å². The summed E-state index contributed by atoms with van der Waals surface area (Å²) in [5.41, 5.74) is 1.11. The van der Waals surface area contributed by atoms with Gasteiger partial charge < -0.3 is 14.5 Å². The predicted octanol–water partition coefficient (Wildman–Crippen LogP) is 2.09. The zero-order valence-electron chi connectivity index (χ0n) is 10.9. The van der Waals surface area contributed by atoms with Crippen molar-refractivity contribution >= 4 is 0 Å². The molecule has 2 heterocycles. The largest absolute Gasteiger partial charge is 0.497 e. The number of hydrogen-bond donors (Lipinski definition) is 1. The normalized spacial score (nSPS) is 18.7. The lowest BCUT2D eigenvalue weighted by atomic mass is 10.1. The average Bonchev–Trinajstić information content (AvgIpc) is 3.09. The van der Waals surface area contributed by atoms with E-state index in [-0.39, 0.29) is 6.04 Å². The smallest absolute Gasteiger partial charge is 0.233 e. The highest BCUT2D eigenvalue weighted by atomic mass is 16.5. The van der Waals surface area contributed by atoms with Crippen molar-refractivity contribution in [2.45, 2.75) is 25.3 Å². The third kappa shape index (κ3) is 2.76. The fourth-order valence-electron chi connectivity index (χ4n) is 2.33. The van der Waals surface area contributed by atoms with E-state index in [1.54, 1.807) is 7.11 Å². The maximum atomic E-state index is 5.72. The Balaban J connectivity index is 1.72. The number of nitrogens with one attached hydrogen (secondary N) is 1. The van der Waals surface area contributed by atoms with Crippen molar-refractivity contribution < 1.29 is 9.15 Å². The number of methoxy groups -OCH3 is 1. The van der Waals surface area contributed by atoms with Crippen molar-refractivity contribution in [3.05, 3.63) is 41.6 Å². The molecule has 1 atom stereocenters. The third-order valence-electron chi connectivity index (χ3n) is 3.33. The van der Waals surface area contributed by atoms with Gasteiger partial charge in [-0.3, -0.25) is 0 Å². The van der Waals surface area contributed by atoms with Gasteiger partial charge in [0.05, 0.1) is 19.6 Å². The fourth-order valence-corrected chi connectivity index (χ4v) is 2.33. The first kappa shape index (κ1) is 12.2. The molecule has 1 aromatic heterocycles. The number of hydrogen-bond acceptors (Lipinski definition) is 5. The summed E-state index contributed by atoms with van der Waals surface area (Å²) in [7, 11) is 1.66. The molecule has 0 amide bonds. The predicted molar refractivity (Wildman–Crippen MR) is 70.1 cm³/mol. The van der Waals surface area contributed by atoms with Gasteiger partial charge >= 0.3 is 0 Å². The summed E-state index contributed by atoms with van der Waals surface area (Å²) >= 11 is 0. The van der Waals surface area contributed by atoms with E-state index in [1.165, 1.54) is 0 Å². The van der Waals surface area contributed by atoms with Crippen LogP contribution < -0.4 is 10.1 Å². The Morgan fingerprint density at radius 1 is 1.42 bits per heavy atom. The Hall–Kier alpha value is -1.88. The van der Waals surface area contributed by atoms with Crippen LogP contribution in [0.3, 0.4) is 0 Å². The van der Waals surface area contributed by atoms with Gasteiger partial charge in [-0.1, -0.05) is 12.1 Å². The molecule has 1 aliphatic heterocycles. The molecule has 0 aliphatic carbocycles. The maximum Gasteiger partial charge on any atom is 0.233 e. The van der Waals surface area contributed by atoms with Gasteiger partial charge in [0.25, 0.3) is 0 Å². The molecular weight excluding hydrogens is 242 g/mol. The Kier molecular flexibility index (Phi) is 3.46. The second-order valence-electron chi connectivity index (χ2n) is 4.71. The van der Waals surface area contributed by atoms with Crippen LogP contribution in [-0.4, -0.2) is 23.9 Å². The van der Waals surface area contributed by atoms with Crippen LogP contribution in [0.25, 0.3) is 0 Å². The van der Waals surface area contributed by atoms with Gasteiger partial charge in [-0.15, -0.1) is 10.2 Å². The highest BCUT2D eigenvalue weighted by Gasteiger charge is 2.21. The number of ether oxygens (including phenoxy) is 1. The van der Waals surface area contributed by atoms with Crippen molar-refractivity contribution in [2.75, 3.05) is 13.7 Å². The molecule has 1 fully saturated rings. The molecule has 0 saturated carbocycles. The van der Waals surface area contributed by atoms with E-state index in [0.29, 0.717) is 18.2 Å². The van der Waals surface area contributed by atoms with Gasteiger partial charge in [-0.05, 0) is 37.1 Å². The Morgan fingerprint density at radius 2 is 2.37 bits per heavy atom. The minimum atomic E-state index is 0.228. The van der Waals surface area contributed by atoms with E-state index in [0.717, 1.165) is 30.7 Å². The molecule has 3 rings (SSSR count). The molecule has 19 heavy (non-hydrogen) atoms. The second-order valence-corrected chi connectivity index (χ2v) is 4.71. The summed E-state index contributed by atoms with van der Waals surface area (Å²) in [6, 6.07) is 8.12. The summed E-state index contributed by atoms with van der Waals surface area (Å²) in [4.78, 5) is 0. The van der Waals surface area contributed by atoms with Crippen LogP contribution in [0.15, 0.2) is 28.7 Å². The molecule has 1 unspecified atom stereocenters. The summed E-state index contributed by atoms with van der Waals surface area (Å²) in [6.07, 6.45) is 2.87. The first-order valence-electron chi connectivity index (χ1n) is 6.54. The summed E-state index contributed by atoms with van der Waals surface area (Å²) in [5, 5.41) is 11.6. The van der Waals surface area contributed by atoms with Gasteiger partial charge in [0, 0.05) is 0 Å². The fraction of sp³-hybridized carbons (Fsp3) is 0.429. The molecule has 2 aromatic rings. The van der Waals surface area contributed by atoms with E-state index in [1.807, 2.05) is 24.3 Å². The van der Waals surface area contributed by atoms with Crippen LogP contribution in [0.4, 0.5) is 0 Å². The van der Waals surface area contributed by atoms with Crippen molar-refractivity contribution in [3.8, 4) is 5.75 Å². The molecule has 0 radical (unpaired) electrons. The van der Waals surface area contributed by atoms with Gasteiger partial charge in [0.2, 0.25) is 11.8 Å². The quantitative estimate of drug-likeness (QED) is 0.911. The van der Waals surface area contributed by atoms with Crippen molar-refractivity contribution in [1.82, 2.24) is 15.5 Å². The van der Waals surface area contributed by atoms with E-state index < -0.39 is 0 Å². The molecule has 5 heteroatoms. The molecule has 1 aliphatic rings. The van der Waals surface area contributed by atoms with Crippen LogP contribution in [0.5, 0.6) is 5.75 Å². The molecule has 1 aromatic carbocycles. The highest BCUT2D eigenvalue weighted by molar-refractivity contribution is 5.29. The molecule has 0 spiro atoms. The van der Waals surface area contributed by atoms with Crippen LogP contribution in [-0.2, 0) is 6.42 Å². The van der Waals surface area contributed by atoms with E-state index >= 15 is 0 Å². The van der Waals surface area contributed by atoms with Gasteiger partial charge in [-0.2, -0.15) is 0 Å². The maximum absolute atomic E-state index is 5.72. The molecule has 0 bridgehead atoms. The monoisotopic (exact) mass is 259 g/mol. The molecule has 100 valence electrons. The summed E-state index contributed by atoms with van der Waals surface area (Å²) < 4.78 is 10.9. The zero-order chi connectivity index (χ0) is 13.1. The lowest BCUT2D eigenvalue weighted by Gasteiger charge is -2.03. The van der Waals surface area contributed by atoms with Gasteiger partial charge in [0.15, 0.2) is 0 Å². The Bertz CT molecular complexity index is 547. The van der Waals surface area contributed by atoms with Crippen LogP contribution in [0.2, 0.25) is 0 Å². The number of rotatable bonds is 4. The topological polar surface area (TPSA) is 60.2 Å². The molecular formula is C14H17N3O2. The number of aromatic nitrogens is 2.